The highest BCUT2D eigenvalue weighted by Crippen LogP contribution is 2.19. The molecule has 1 aromatic carbocycles. The minimum absolute atomic E-state index is 0.0275. The van der Waals surface area contributed by atoms with E-state index >= 15 is 0 Å². The third kappa shape index (κ3) is 5.79. The van der Waals surface area contributed by atoms with E-state index in [0.717, 1.165) is 25.9 Å². The number of hydrogen-bond acceptors (Lipinski definition) is 3. The fourth-order valence-electron chi connectivity index (χ4n) is 3.79. The number of carbonyl (C=O) groups is 2. The fourth-order valence-corrected chi connectivity index (χ4v) is 4.08. The summed E-state index contributed by atoms with van der Waals surface area (Å²) in [5.74, 6) is -0.278. The van der Waals surface area contributed by atoms with Crippen molar-refractivity contribution in [3.05, 3.63) is 47.5 Å². The van der Waals surface area contributed by atoms with Gasteiger partial charge in [0, 0.05) is 32.2 Å². The van der Waals surface area contributed by atoms with Crippen molar-refractivity contribution in [2.24, 2.45) is 0 Å². The molecule has 1 N–H and O–H groups in total. The van der Waals surface area contributed by atoms with Gasteiger partial charge in [-0.25, -0.2) is 0 Å². The Balaban J connectivity index is 1.49. The van der Waals surface area contributed by atoms with Gasteiger partial charge in [-0.15, -0.1) is 0 Å². The van der Waals surface area contributed by atoms with Crippen LogP contribution in [0.1, 0.15) is 48.9 Å². The van der Waals surface area contributed by atoms with E-state index in [2.05, 4.69) is 11.4 Å². The number of thiocarbonyl (C=S) groups is 1. The van der Waals surface area contributed by atoms with E-state index in [1.807, 2.05) is 23.2 Å². The molecule has 2 amide bonds. The number of hydrazine groups is 1. The summed E-state index contributed by atoms with van der Waals surface area (Å²) in [6.45, 7) is 2.16. The summed E-state index contributed by atoms with van der Waals surface area (Å²) >= 11 is 5.54. The SMILES string of the molecule is CN(CC(=O)N1CCCN1C(=S)NCCC1=CCCCC1)C(=O)c1ccccc1. The third-order valence-electron chi connectivity index (χ3n) is 5.40. The second-order valence-electron chi connectivity index (χ2n) is 7.61. The first-order valence-corrected chi connectivity index (χ1v) is 10.8. The molecule has 1 fully saturated rings. The van der Waals surface area contributed by atoms with Crippen LogP contribution in [0.15, 0.2) is 42.0 Å². The summed E-state index contributed by atoms with van der Waals surface area (Å²) in [7, 11) is 1.65. The molecule has 1 heterocycles. The van der Waals surface area contributed by atoms with Gasteiger partial charge in [0.2, 0.25) is 0 Å². The normalized spacial score (nSPS) is 16.4. The van der Waals surface area contributed by atoms with Crippen molar-refractivity contribution in [1.82, 2.24) is 20.2 Å². The first kappa shape index (κ1) is 21.3. The van der Waals surface area contributed by atoms with E-state index < -0.39 is 0 Å². The maximum Gasteiger partial charge on any atom is 0.260 e. The Kier molecular flexibility index (Phi) is 7.63. The number of hydrogen-bond donors (Lipinski definition) is 1. The molecule has 0 bridgehead atoms. The first-order valence-electron chi connectivity index (χ1n) is 10.4. The molecule has 0 spiro atoms. The smallest absolute Gasteiger partial charge is 0.260 e. The molecule has 1 aliphatic carbocycles. The number of carbonyl (C=O) groups excluding carboxylic acids is 2. The van der Waals surface area contributed by atoms with Gasteiger partial charge in [-0.2, -0.15) is 0 Å². The number of rotatable bonds is 6. The van der Waals surface area contributed by atoms with E-state index in [9.17, 15) is 9.59 Å². The summed E-state index contributed by atoms with van der Waals surface area (Å²) < 4.78 is 0. The molecule has 7 heteroatoms. The minimum atomic E-state index is -0.161. The molecule has 3 rings (SSSR count). The average molecular weight is 415 g/mol. The second kappa shape index (κ2) is 10.4. The molecular weight excluding hydrogens is 384 g/mol. The van der Waals surface area contributed by atoms with Gasteiger partial charge >= 0.3 is 0 Å². The summed E-state index contributed by atoms with van der Waals surface area (Å²) in [4.78, 5) is 26.8. The van der Waals surface area contributed by atoms with Gasteiger partial charge in [0.25, 0.3) is 11.8 Å². The standard InChI is InChI=1S/C22H30N4O2S/c1-24(21(28)19-11-6-3-7-12-19)17-20(27)25-15-8-16-26(25)22(29)23-14-13-18-9-4-2-5-10-18/h3,6-7,9,11-12H,2,4-5,8,10,13-17H2,1H3,(H,23,29). The molecule has 0 saturated carbocycles. The molecule has 1 aromatic rings. The zero-order valence-electron chi connectivity index (χ0n) is 17.1. The topological polar surface area (TPSA) is 55.9 Å². The molecule has 29 heavy (non-hydrogen) atoms. The zero-order chi connectivity index (χ0) is 20.6. The maximum absolute atomic E-state index is 12.8. The van der Waals surface area contributed by atoms with Crippen molar-refractivity contribution in [3.8, 4) is 0 Å². The van der Waals surface area contributed by atoms with Crippen molar-refractivity contribution in [1.29, 1.82) is 0 Å². The number of allylic oxidation sites excluding steroid dienone is 1. The summed E-state index contributed by atoms with van der Waals surface area (Å²) in [6, 6.07) is 9.01. The lowest BCUT2D eigenvalue weighted by Gasteiger charge is -2.31. The van der Waals surface area contributed by atoms with Gasteiger partial charge < -0.3 is 10.2 Å². The van der Waals surface area contributed by atoms with E-state index in [1.165, 1.54) is 36.2 Å². The van der Waals surface area contributed by atoms with Crippen molar-refractivity contribution >= 4 is 29.1 Å². The van der Waals surface area contributed by atoms with Crippen molar-refractivity contribution < 1.29 is 9.59 Å². The molecule has 2 aliphatic rings. The molecule has 6 nitrogen and oxygen atoms in total. The molecule has 0 atom stereocenters. The lowest BCUT2D eigenvalue weighted by atomic mass is 9.97. The predicted molar refractivity (Wildman–Crippen MR) is 118 cm³/mol. The van der Waals surface area contributed by atoms with Gasteiger partial charge in [0.05, 0.1) is 0 Å². The lowest BCUT2D eigenvalue weighted by Crippen LogP contribution is -2.51. The number of likely N-dealkylation sites (N-methyl/N-ethyl adjacent to an activating group) is 1. The van der Waals surface area contributed by atoms with Crippen molar-refractivity contribution in [2.75, 3.05) is 33.2 Å². The Morgan fingerprint density at radius 1 is 1.10 bits per heavy atom. The van der Waals surface area contributed by atoms with Crippen LogP contribution in [0.4, 0.5) is 0 Å². The summed E-state index contributed by atoms with van der Waals surface area (Å²) in [6.07, 6.45) is 9.15. The highest BCUT2D eigenvalue weighted by molar-refractivity contribution is 7.80. The molecule has 156 valence electrons. The van der Waals surface area contributed by atoms with Crippen LogP contribution in [-0.2, 0) is 4.79 Å². The monoisotopic (exact) mass is 414 g/mol. The molecule has 0 unspecified atom stereocenters. The number of benzene rings is 1. The van der Waals surface area contributed by atoms with Gasteiger partial charge in [-0.1, -0.05) is 29.8 Å². The maximum atomic E-state index is 12.8. The van der Waals surface area contributed by atoms with E-state index in [0.29, 0.717) is 17.2 Å². The molecule has 1 aliphatic heterocycles. The van der Waals surface area contributed by atoms with Gasteiger partial charge in [0.1, 0.15) is 6.54 Å². The second-order valence-corrected chi connectivity index (χ2v) is 8.00. The Bertz CT molecular complexity index is 765. The van der Waals surface area contributed by atoms with Crippen LogP contribution in [0.3, 0.4) is 0 Å². The predicted octanol–water partition coefficient (Wildman–Crippen LogP) is 2.97. The third-order valence-corrected chi connectivity index (χ3v) is 5.76. The largest absolute Gasteiger partial charge is 0.361 e. The minimum Gasteiger partial charge on any atom is -0.361 e. The van der Waals surface area contributed by atoms with Crippen molar-refractivity contribution in [2.45, 2.75) is 38.5 Å². The Morgan fingerprint density at radius 3 is 2.59 bits per heavy atom. The zero-order valence-corrected chi connectivity index (χ0v) is 17.9. The van der Waals surface area contributed by atoms with Crippen LogP contribution in [0, 0.1) is 0 Å². The molecule has 0 radical (unpaired) electrons. The highest BCUT2D eigenvalue weighted by atomic mass is 32.1. The molecular formula is C22H30N4O2S. The average Bonchev–Trinajstić information content (AvgIpc) is 3.25. The van der Waals surface area contributed by atoms with Gasteiger partial charge in [-0.3, -0.25) is 19.6 Å². The van der Waals surface area contributed by atoms with Gasteiger partial charge in [0.15, 0.2) is 5.11 Å². The van der Waals surface area contributed by atoms with Crippen LogP contribution >= 0.6 is 12.2 Å². The van der Waals surface area contributed by atoms with Crippen LogP contribution < -0.4 is 5.32 Å². The van der Waals surface area contributed by atoms with E-state index in [4.69, 9.17) is 12.2 Å². The van der Waals surface area contributed by atoms with Crippen molar-refractivity contribution in [3.63, 3.8) is 0 Å². The summed E-state index contributed by atoms with van der Waals surface area (Å²) in [5, 5.41) is 7.40. The van der Waals surface area contributed by atoms with Gasteiger partial charge in [-0.05, 0) is 62.9 Å². The number of nitrogens with one attached hydrogen (secondary N) is 1. The quantitative estimate of drug-likeness (QED) is 0.573. The fraction of sp³-hybridized carbons (Fsp3) is 0.500. The van der Waals surface area contributed by atoms with E-state index in [-0.39, 0.29) is 18.4 Å². The Labute approximate surface area is 178 Å². The Hall–Kier alpha value is -2.41. The number of nitrogens with zero attached hydrogens (tertiary/aromatic N) is 3. The van der Waals surface area contributed by atoms with Crippen LogP contribution in [0.5, 0.6) is 0 Å². The Morgan fingerprint density at radius 2 is 1.86 bits per heavy atom. The van der Waals surface area contributed by atoms with Crippen LogP contribution in [0.2, 0.25) is 0 Å². The highest BCUT2D eigenvalue weighted by Gasteiger charge is 2.30. The number of amides is 2. The van der Waals surface area contributed by atoms with E-state index in [1.54, 1.807) is 24.2 Å². The molecule has 0 aromatic heterocycles. The molecule has 1 saturated heterocycles. The lowest BCUT2D eigenvalue weighted by molar-refractivity contribution is -0.139. The summed E-state index contributed by atoms with van der Waals surface area (Å²) in [5.41, 5.74) is 2.08. The van der Waals surface area contributed by atoms with Crippen LogP contribution in [-0.4, -0.2) is 65.1 Å². The van der Waals surface area contributed by atoms with Crippen LogP contribution in [0.25, 0.3) is 0 Å². The first-order chi connectivity index (χ1) is 14.1.